The van der Waals surface area contributed by atoms with Gasteiger partial charge in [0, 0.05) is 25.0 Å². The van der Waals surface area contributed by atoms with E-state index in [-0.39, 0.29) is 0 Å². The molecule has 2 heterocycles. The molecule has 0 bridgehead atoms. The third-order valence-corrected chi connectivity index (χ3v) is 4.24. The van der Waals surface area contributed by atoms with E-state index in [0.29, 0.717) is 29.0 Å². The molecular weight excluding hydrogens is 316 g/mol. The predicted molar refractivity (Wildman–Crippen MR) is 85.6 cm³/mol. The number of hydrogen-bond acceptors (Lipinski definition) is 7. The molecule has 0 radical (unpaired) electrons. The molecule has 7 nitrogen and oxygen atoms in total. The number of ether oxygens (including phenoxy) is 2. The monoisotopic (exact) mass is 332 g/mol. The molecular formula is C15H16N4O3S. The number of thioether (sulfide) groups is 1. The van der Waals surface area contributed by atoms with Crippen LogP contribution in [0.3, 0.4) is 0 Å². The molecule has 0 spiro atoms. The van der Waals surface area contributed by atoms with Gasteiger partial charge in [0.15, 0.2) is 16.7 Å². The van der Waals surface area contributed by atoms with Gasteiger partial charge in [0.05, 0.1) is 20.0 Å². The van der Waals surface area contributed by atoms with Crippen LogP contribution in [0.5, 0.6) is 11.5 Å². The molecule has 0 atom stereocenters. The highest BCUT2D eigenvalue weighted by Gasteiger charge is 2.13. The number of imidazole rings is 1. The van der Waals surface area contributed by atoms with E-state index < -0.39 is 0 Å². The lowest BCUT2D eigenvalue weighted by molar-refractivity contribution is 0.355. The molecule has 3 aromatic rings. The Kier molecular flexibility index (Phi) is 4.52. The van der Waals surface area contributed by atoms with Crippen molar-refractivity contribution in [2.24, 2.45) is 7.05 Å². The van der Waals surface area contributed by atoms with E-state index in [4.69, 9.17) is 13.9 Å². The zero-order valence-electron chi connectivity index (χ0n) is 13.0. The maximum Gasteiger partial charge on any atom is 0.247 e. The van der Waals surface area contributed by atoms with Crippen molar-refractivity contribution in [2.75, 3.05) is 14.2 Å². The van der Waals surface area contributed by atoms with Crippen LogP contribution in [-0.4, -0.2) is 34.0 Å². The number of rotatable bonds is 6. The third-order valence-electron chi connectivity index (χ3n) is 3.20. The van der Waals surface area contributed by atoms with Gasteiger partial charge in [-0.05, 0) is 18.2 Å². The summed E-state index contributed by atoms with van der Waals surface area (Å²) in [4.78, 5) is 4.24. The smallest absolute Gasteiger partial charge is 0.247 e. The van der Waals surface area contributed by atoms with Gasteiger partial charge in [-0.2, -0.15) is 0 Å². The molecule has 0 saturated heterocycles. The Labute approximate surface area is 137 Å². The molecule has 3 rings (SSSR count). The van der Waals surface area contributed by atoms with Crippen LogP contribution in [0, 0.1) is 0 Å². The lowest BCUT2D eigenvalue weighted by Gasteiger charge is -2.07. The quantitative estimate of drug-likeness (QED) is 0.642. The van der Waals surface area contributed by atoms with Crippen molar-refractivity contribution in [2.45, 2.75) is 10.9 Å². The Hall–Kier alpha value is -2.48. The van der Waals surface area contributed by atoms with Crippen molar-refractivity contribution < 1.29 is 13.9 Å². The van der Waals surface area contributed by atoms with Crippen LogP contribution in [0.15, 0.2) is 40.2 Å². The van der Waals surface area contributed by atoms with Crippen molar-refractivity contribution in [1.29, 1.82) is 0 Å². The van der Waals surface area contributed by atoms with Gasteiger partial charge in [-0.1, -0.05) is 11.8 Å². The Morgan fingerprint density at radius 2 is 2.00 bits per heavy atom. The van der Waals surface area contributed by atoms with E-state index >= 15 is 0 Å². The summed E-state index contributed by atoms with van der Waals surface area (Å²) in [5.41, 5.74) is 0.781. The summed E-state index contributed by atoms with van der Waals surface area (Å²) in [5.74, 6) is 2.82. The van der Waals surface area contributed by atoms with Crippen molar-refractivity contribution in [3.05, 3.63) is 36.5 Å². The standard InChI is InChI=1S/C15H16N4O3S/c1-19-7-6-16-15(19)23-9-13-17-18-14(22-13)10-4-5-11(20-2)12(8-10)21-3/h4-8H,9H2,1-3H3. The first-order valence-electron chi connectivity index (χ1n) is 6.86. The van der Waals surface area contributed by atoms with Crippen molar-refractivity contribution >= 4 is 11.8 Å². The van der Waals surface area contributed by atoms with Crippen LogP contribution in [0.1, 0.15) is 5.89 Å². The summed E-state index contributed by atoms with van der Waals surface area (Å²) in [6.07, 6.45) is 3.65. The molecule has 120 valence electrons. The second-order valence-electron chi connectivity index (χ2n) is 4.68. The van der Waals surface area contributed by atoms with Crippen LogP contribution in [0.4, 0.5) is 0 Å². The average molecular weight is 332 g/mol. The molecule has 0 amide bonds. The molecule has 0 aliphatic heterocycles. The number of hydrogen-bond donors (Lipinski definition) is 0. The first-order chi connectivity index (χ1) is 11.2. The van der Waals surface area contributed by atoms with E-state index in [2.05, 4.69) is 15.2 Å². The Morgan fingerprint density at radius 1 is 1.17 bits per heavy atom. The summed E-state index contributed by atoms with van der Waals surface area (Å²) in [5, 5.41) is 9.06. The zero-order chi connectivity index (χ0) is 16.2. The Balaban J connectivity index is 1.75. The molecule has 0 unspecified atom stereocenters. The zero-order valence-corrected chi connectivity index (χ0v) is 13.8. The van der Waals surface area contributed by atoms with Crippen molar-refractivity contribution in [3.8, 4) is 23.0 Å². The average Bonchev–Trinajstić information content (AvgIpc) is 3.21. The minimum atomic E-state index is 0.446. The van der Waals surface area contributed by atoms with Gasteiger partial charge >= 0.3 is 0 Å². The van der Waals surface area contributed by atoms with Crippen LogP contribution in [0.2, 0.25) is 0 Å². The van der Waals surface area contributed by atoms with E-state index in [1.165, 1.54) is 11.8 Å². The molecule has 0 fully saturated rings. The van der Waals surface area contributed by atoms with Gasteiger partial charge in [-0.25, -0.2) is 4.98 Å². The highest BCUT2D eigenvalue weighted by Crippen LogP contribution is 2.32. The minimum Gasteiger partial charge on any atom is -0.493 e. The number of aromatic nitrogens is 4. The highest BCUT2D eigenvalue weighted by molar-refractivity contribution is 7.98. The normalized spacial score (nSPS) is 10.7. The van der Waals surface area contributed by atoms with Crippen LogP contribution < -0.4 is 9.47 Å². The molecule has 1 aromatic carbocycles. The molecule has 0 aliphatic carbocycles. The fourth-order valence-corrected chi connectivity index (χ4v) is 2.78. The lowest BCUT2D eigenvalue weighted by Crippen LogP contribution is -1.90. The molecule has 8 heteroatoms. The SMILES string of the molecule is COc1ccc(-c2nnc(CSc3nccn3C)o2)cc1OC. The summed E-state index contributed by atoms with van der Waals surface area (Å²) in [6, 6.07) is 5.47. The predicted octanol–water partition coefficient (Wildman–Crippen LogP) is 2.78. The number of aryl methyl sites for hydroxylation is 1. The van der Waals surface area contributed by atoms with Crippen molar-refractivity contribution in [3.63, 3.8) is 0 Å². The maximum atomic E-state index is 5.70. The van der Waals surface area contributed by atoms with Crippen LogP contribution in [0.25, 0.3) is 11.5 Å². The molecule has 0 saturated carbocycles. The van der Waals surface area contributed by atoms with Gasteiger partial charge in [-0.15, -0.1) is 10.2 Å². The highest BCUT2D eigenvalue weighted by atomic mass is 32.2. The van der Waals surface area contributed by atoms with E-state index in [0.717, 1.165) is 10.7 Å². The molecule has 0 aliphatic rings. The first kappa shape index (κ1) is 15.4. The van der Waals surface area contributed by atoms with Gasteiger partial charge in [0.25, 0.3) is 0 Å². The third kappa shape index (κ3) is 3.31. The van der Waals surface area contributed by atoms with E-state index in [1.54, 1.807) is 26.5 Å². The molecule has 23 heavy (non-hydrogen) atoms. The number of nitrogens with zero attached hydrogens (tertiary/aromatic N) is 4. The van der Waals surface area contributed by atoms with Gasteiger partial charge in [0.1, 0.15) is 0 Å². The number of methoxy groups -OCH3 is 2. The van der Waals surface area contributed by atoms with Gasteiger partial charge in [0.2, 0.25) is 11.8 Å². The largest absolute Gasteiger partial charge is 0.493 e. The first-order valence-corrected chi connectivity index (χ1v) is 7.84. The summed E-state index contributed by atoms with van der Waals surface area (Å²) < 4.78 is 18.1. The topological polar surface area (TPSA) is 75.2 Å². The Morgan fingerprint density at radius 3 is 2.70 bits per heavy atom. The van der Waals surface area contributed by atoms with Crippen LogP contribution >= 0.6 is 11.8 Å². The molecule has 2 aromatic heterocycles. The van der Waals surface area contributed by atoms with Crippen molar-refractivity contribution in [1.82, 2.24) is 19.7 Å². The second kappa shape index (κ2) is 6.74. The summed E-state index contributed by atoms with van der Waals surface area (Å²) >= 11 is 1.54. The second-order valence-corrected chi connectivity index (χ2v) is 5.62. The molecule has 0 N–H and O–H groups in total. The van der Waals surface area contributed by atoms with E-state index in [9.17, 15) is 0 Å². The van der Waals surface area contributed by atoms with Crippen LogP contribution in [-0.2, 0) is 12.8 Å². The fraction of sp³-hybridized carbons (Fsp3) is 0.267. The fourth-order valence-electron chi connectivity index (χ4n) is 2.02. The number of benzene rings is 1. The van der Waals surface area contributed by atoms with Gasteiger partial charge < -0.3 is 18.5 Å². The summed E-state index contributed by atoms with van der Waals surface area (Å²) in [7, 11) is 5.12. The minimum absolute atomic E-state index is 0.446. The summed E-state index contributed by atoms with van der Waals surface area (Å²) in [6.45, 7) is 0. The Bertz CT molecular complexity index is 800. The van der Waals surface area contributed by atoms with E-state index in [1.807, 2.05) is 29.9 Å². The van der Waals surface area contributed by atoms with Gasteiger partial charge in [-0.3, -0.25) is 0 Å². The maximum absolute atomic E-state index is 5.70. The lowest BCUT2D eigenvalue weighted by atomic mass is 10.2.